The first-order valence-corrected chi connectivity index (χ1v) is 8.91. The number of hydrogen-bond acceptors (Lipinski definition) is 3. The van der Waals surface area contributed by atoms with E-state index in [1.54, 1.807) is 0 Å². The fraction of sp³-hybridized carbons (Fsp3) is 0.556. The molecule has 2 nitrogen and oxygen atoms in total. The summed E-state index contributed by atoms with van der Waals surface area (Å²) in [5.74, 6) is 0.730. The Balaban J connectivity index is 1.51. The van der Waals surface area contributed by atoms with Gasteiger partial charge >= 0.3 is 0 Å². The van der Waals surface area contributed by atoms with Crippen molar-refractivity contribution < 1.29 is 9.47 Å². The second kappa shape index (κ2) is 6.99. The Morgan fingerprint density at radius 2 is 2.10 bits per heavy atom. The predicted octanol–water partition coefficient (Wildman–Crippen LogP) is 4.80. The summed E-state index contributed by atoms with van der Waals surface area (Å²) in [5, 5.41) is 0. The van der Waals surface area contributed by atoms with Crippen LogP contribution >= 0.6 is 11.8 Å². The van der Waals surface area contributed by atoms with E-state index in [9.17, 15) is 0 Å². The van der Waals surface area contributed by atoms with Crippen LogP contribution in [0.5, 0.6) is 0 Å². The third kappa shape index (κ3) is 4.12. The largest absolute Gasteiger partial charge is 0.350 e. The molecule has 0 unspecified atom stereocenters. The Labute approximate surface area is 131 Å². The molecule has 114 valence electrons. The monoisotopic (exact) mass is 304 g/mol. The van der Waals surface area contributed by atoms with Gasteiger partial charge in [-0.1, -0.05) is 30.4 Å². The molecule has 0 radical (unpaired) electrons. The minimum atomic E-state index is -0.352. The van der Waals surface area contributed by atoms with Gasteiger partial charge in [0, 0.05) is 23.5 Å². The van der Waals surface area contributed by atoms with E-state index in [2.05, 4.69) is 36.9 Å². The Morgan fingerprint density at radius 1 is 1.24 bits per heavy atom. The highest BCUT2D eigenvalue weighted by Gasteiger charge is 2.40. The maximum atomic E-state index is 6.33. The zero-order valence-corrected chi connectivity index (χ0v) is 13.4. The molecule has 2 aliphatic heterocycles. The van der Waals surface area contributed by atoms with Crippen LogP contribution in [0, 0.1) is 0 Å². The molecule has 2 aliphatic rings. The lowest BCUT2D eigenvalue weighted by Gasteiger charge is -2.44. The molecule has 0 N–H and O–H groups in total. The van der Waals surface area contributed by atoms with E-state index >= 15 is 0 Å². The first-order chi connectivity index (χ1) is 10.3. The van der Waals surface area contributed by atoms with E-state index in [0.717, 1.165) is 44.5 Å². The molecule has 0 aliphatic carbocycles. The summed E-state index contributed by atoms with van der Waals surface area (Å²) < 4.78 is 12.3. The molecule has 2 atom stereocenters. The van der Waals surface area contributed by atoms with Crippen LogP contribution < -0.4 is 0 Å². The molecule has 0 bridgehead atoms. The zero-order valence-electron chi connectivity index (χ0n) is 12.6. The van der Waals surface area contributed by atoms with E-state index in [4.69, 9.17) is 9.47 Å². The summed E-state index contributed by atoms with van der Waals surface area (Å²) in [4.78, 5) is 1.33. The summed E-state index contributed by atoms with van der Waals surface area (Å²) in [5.41, 5.74) is 1.29. The Kier molecular flexibility index (Phi) is 5.04. The van der Waals surface area contributed by atoms with E-state index in [1.165, 1.54) is 16.9 Å². The van der Waals surface area contributed by atoms with E-state index < -0.39 is 0 Å². The lowest BCUT2D eigenvalue weighted by atomic mass is 9.91. The summed E-state index contributed by atoms with van der Waals surface area (Å²) in [6.07, 6.45) is 6.58. The van der Waals surface area contributed by atoms with E-state index in [-0.39, 0.29) is 11.9 Å². The average molecular weight is 304 g/mol. The van der Waals surface area contributed by atoms with Gasteiger partial charge in [-0.25, -0.2) is 0 Å². The van der Waals surface area contributed by atoms with Gasteiger partial charge in [-0.3, -0.25) is 0 Å². The number of benzene rings is 1. The standard InChI is InChI=1S/C18H24O2S/c1-15-13-16(9-12-21-17-7-3-2-4-8-17)20-18(14-15)10-5-6-11-19-18/h2-4,7-8,16H,1,5-6,9-14H2/t16-,18+/m1/s1. The highest BCUT2D eigenvalue weighted by molar-refractivity contribution is 7.99. The molecule has 2 heterocycles. The van der Waals surface area contributed by atoms with Gasteiger partial charge in [-0.05, 0) is 37.8 Å². The Bertz CT molecular complexity index is 465. The van der Waals surface area contributed by atoms with Crippen molar-refractivity contribution in [3.63, 3.8) is 0 Å². The molecule has 3 heteroatoms. The van der Waals surface area contributed by atoms with Gasteiger partial charge in [-0.2, -0.15) is 0 Å². The normalized spacial score (nSPS) is 29.7. The van der Waals surface area contributed by atoms with Gasteiger partial charge < -0.3 is 9.47 Å². The van der Waals surface area contributed by atoms with Gasteiger partial charge in [-0.15, -0.1) is 11.8 Å². The molecular weight excluding hydrogens is 280 g/mol. The summed E-state index contributed by atoms with van der Waals surface area (Å²) in [6, 6.07) is 10.6. The van der Waals surface area contributed by atoms with Crippen LogP contribution in [0.15, 0.2) is 47.4 Å². The minimum Gasteiger partial charge on any atom is -0.350 e. The van der Waals surface area contributed by atoms with E-state index in [0.29, 0.717) is 0 Å². The van der Waals surface area contributed by atoms with Crippen LogP contribution in [0.3, 0.4) is 0 Å². The van der Waals surface area contributed by atoms with Gasteiger partial charge in [0.2, 0.25) is 0 Å². The molecule has 0 amide bonds. The van der Waals surface area contributed by atoms with E-state index in [1.807, 2.05) is 11.8 Å². The van der Waals surface area contributed by atoms with Crippen LogP contribution in [0.1, 0.15) is 38.5 Å². The highest BCUT2D eigenvalue weighted by atomic mass is 32.2. The van der Waals surface area contributed by atoms with Gasteiger partial charge in [0.25, 0.3) is 0 Å². The molecule has 0 aromatic heterocycles. The molecule has 0 saturated carbocycles. The lowest BCUT2D eigenvalue weighted by molar-refractivity contribution is -0.285. The van der Waals surface area contributed by atoms with Crippen LogP contribution in [0.4, 0.5) is 0 Å². The fourth-order valence-corrected chi connectivity index (χ4v) is 4.17. The number of ether oxygens (including phenoxy) is 2. The quantitative estimate of drug-likeness (QED) is 0.588. The van der Waals surface area contributed by atoms with Crippen LogP contribution in [0.25, 0.3) is 0 Å². The second-order valence-electron chi connectivity index (χ2n) is 6.04. The van der Waals surface area contributed by atoms with Crippen molar-refractivity contribution in [3.05, 3.63) is 42.5 Å². The van der Waals surface area contributed by atoms with Crippen LogP contribution in [0.2, 0.25) is 0 Å². The fourth-order valence-electron chi connectivity index (χ4n) is 3.21. The first-order valence-electron chi connectivity index (χ1n) is 7.92. The van der Waals surface area contributed by atoms with Gasteiger partial charge in [0.15, 0.2) is 5.79 Å². The second-order valence-corrected chi connectivity index (χ2v) is 7.21. The predicted molar refractivity (Wildman–Crippen MR) is 87.6 cm³/mol. The number of thioether (sulfide) groups is 1. The van der Waals surface area contributed by atoms with Crippen molar-refractivity contribution in [2.45, 2.75) is 55.3 Å². The molecule has 1 aromatic carbocycles. The third-order valence-corrected chi connectivity index (χ3v) is 5.23. The van der Waals surface area contributed by atoms with Crippen LogP contribution in [-0.4, -0.2) is 24.3 Å². The summed E-state index contributed by atoms with van der Waals surface area (Å²) in [7, 11) is 0. The molecule has 21 heavy (non-hydrogen) atoms. The summed E-state index contributed by atoms with van der Waals surface area (Å²) in [6.45, 7) is 5.05. The maximum Gasteiger partial charge on any atom is 0.172 e. The van der Waals surface area contributed by atoms with Crippen molar-refractivity contribution >= 4 is 11.8 Å². The van der Waals surface area contributed by atoms with Crippen molar-refractivity contribution in [2.75, 3.05) is 12.4 Å². The number of rotatable bonds is 4. The molecule has 3 rings (SSSR count). The topological polar surface area (TPSA) is 18.5 Å². The minimum absolute atomic E-state index is 0.264. The highest BCUT2D eigenvalue weighted by Crippen LogP contribution is 2.40. The number of hydrogen-bond donors (Lipinski definition) is 0. The first kappa shape index (κ1) is 15.1. The summed E-state index contributed by atoms with van der Waals surface area (Å²) >= 11 is 1.90. The Morgan fingerprint density at radius 3 is 2.86 bits per heavy atom. The smallest absolute Gasteiger partial charge is 0.172 e. The lowest BCUT2D eigenvalue weighted by Crippen LogP contribution is -2.46. The average Bonchev–Trinajstić information content (AvgIpc) is 2.48. The molecule has 2 fully saturated rings. The van der Waals surface area contributed by atoms with Crippen molar-refractivity contribution in [1.82, 2.24) is 0 Å². The molecule has 1 aromatic rings. The zero-order chi connectivity index (χ0) is 14.5. The maximum absolute atomic E-state index is 6.33. The van der Waals surface area contributed by atoms with Crippen molar-refractivity contribution in [2.24, 2.45) is 0 Å². The van der Waals surface area contributed by atoms with Gasteiger partial charge in [0.05, 0.1) is 12.7 Å². The van der Waals surface area contributed by atoms with Crippen LogP contribution in [-0.2, 0) is 9.47 Å². The SMILES string of the molecule is C=C1C[C@@H](CCSc2ccccc2)O[C@@]2(CCCCO2)C1. The molecule has 1 spiro atoms. The van der Waals surface area contributed by atoms with Crippen molar-refractivity contribution in [3.8, 4) is 0 Å². The Hall–Kier alpha value is -0.770. The van der Waals surface area contributed by atoms with Gasteiger partial charge in [0.1, 0.15) is 0 Å². The third-order valence-electron chi connectivity index (χ3n) is 4.19. The van der Waals surface area contributed by atoms with Crippen molar-refractivity contribution in [1.29, 1.82) is 0 Å². The molecule has 2 saturated heterocycles. The molecular formula is C18H24O2S.